The molecule has 0 aliphatic heterocycles. The van der Waals surface area contributed by atoms with Gasteiger partial charge in [-0.1, -0.05) is 78.0 Å². The molecule has 0 saturated heterocycles. The molecule has 0 aromatic heterocycles. The molecule has 0 saturated carbocycles. The van der Waals surface area contributed by atoms with Gasteiger partial charge in [-0.25, -0.2) is 0 Å². The van der Waals surface area contributed by atoms with E-state index in [-0.39, 0.29) is 0 Å². The lowest BCUT2D eigenvalue weighted by Crippen LogP contribution is -1.89. The highest BCUT2D eigenvalue weighted by molar-refractivity contribution is 9.10. The van der Waals surface area contributed by atoms with Crippen LogP contribution < -0.4 is 0 Å². The van der Waals surface area contributed by atoms with Crippen LogP contribution in [0.15, 0.2) is 128 Å². The van der Waals surface area contributed by atoms with Crippen molar-refractivity contribution in [2.24, 2.45) is 10.2 Å². The fraction of sp³-hybridized carbons (Fsp3) is 0. The Labute approximate surface area is 202 Å². The summed E-state index contributed by atoms with van der Waals surface area (Å²) in [6, 6.07) is 32.3. The van der Waals surface area contributed by atoms with Crippen molar-refractivity contribution >= 4 is 54.6 Å². The van der Waals surface area contributed by atoms with Gasteiger partial charge in [0.25, 0.3) is 0 Å². The third kappa shape index (κ3) is 7.40. The van der Waals surface area contributed by atoms with Gasteiger partial charge in [0.1, 0.15) is 11.4 Å². The number of hydrogen-bond donors (Lipinski definition) is 0. The molecule has 0 unspecified atom stereocenters. The molecule has 6 nitrogen and oxygen atoms in total. The molecule has 4 rings (SSSR count). The second-order valence-electron chi connectivity index (χ2n) is 6.37. The lowest BCUT2D eigenvalue weighted by atomic mass is 10.3. The highest BCUT2D eigenvalue weighted by Crippen LogP contribution is 2.20. The minimum absolute atomic E-state index is 0.519. The predicted octanol–water partition coefficient (Wildman–Crippen LogP) is 8.75. The first-order valence-corrected chi connectivity index (χ1v) is 11.1. The van der Waals surface area contributed by atoms with Gasteiger partial charge in [-0.3, -0.25) is 0 Å². The number of para-hydroxylation sites is 2. The van der Waals surface area contributed by atoms with Crippen LogP contribution >= 0.6 is 31.9 Å². The summed E-state index contributed by atoms with van der Waals surface area (Å²) in [6.45, 7) is 0. The van der Waals surface area contributed by atoms with Gasteiger partial charge in [-0.05, 0) is 48.5 Å². The number of nitrogens with zero attached hydrogens (tertiary/aromatic N) is 4. The number of rotatable bonds is 4. The van der Waals surface area contributed by atoms with Crippen LogP contribution in [0.2, 0.25) is 0 Å². The monoisotopic (exact) mass is 552 g/mol. The Morgan fingerprint density at radius 3 is 1.09 bits per heavy atom. The predicted molar refractivity (Wildman–Crippen MR) is 132 cm³/mol. The van der Waals surface area contributed by atoms with Crippen LogP contribution in [0.1, 0.15) is 0 Å². The van der Waals surface area contributed by atoms with E-state index >= 15 is 0 Å². The third-order valence-corrected chi connectivity index (χ3v) is 5.08. The summed E-state index contributed by atoms with van der Waals surface area (Å²) in [4.78, 5) is 1.23. The summed E-state index contributed by atoms with van der Waals surface area (Å²) in [5, 5.41) is 31.1. The molecule has 0 radical (unpaired) electrons. The van der Waals surface area contributed by atoms with Crippen molar-refractivity contribution in [1.82, 2.24) is 0 Å². The van der Waals surface area contributed by atoms with E-state index in [2.05, 4.69) is 42.1 Å². The maximum absolute atomic E-state index is 11.6. The van der Waals surface area contributed by atoms with Gasteiger partial charge in [0.05, 0.1) is 0 Å². The summed E-state index contributed by atoms with van der Waals surface area (Å²) >= 11 is 6.65. The summed E-state index contributed by atoms with van der Waals surface area (Å²) in [7, 11) is 0. The number of azo groups is 2. The van der Waals surface area contributed by atoms with Crippen LogP contribution in [0.25, 0.3) is 0 Å². The Hall–Kier alpha value is -3.36. The van der Waals surface area contributed by atoms with Crippen LogP contribution in [0, 0.1) is 10.4 Å². The van der Waals surface area contributed by atoms with Crippen molar-refractivity contribution in [2.75, 3.05) is 0 Å². The Morgan fingerprint density at radius 2 is 0.781 bits per heavy atom. The van der Waals surface area contributed by atoms with Gasteiger partial charge in [0, 0.05) is 43.4 Å². The fourth-order valence-electron chi connectivity index (χ4n) is 2.45. The SMILES string of the molecule is [O-][N+](=Nc1ccc(Br)cc1)c1ccccc1.[O-][N+](=Nc1ccc(Br)cc1)c1ccccc1. The summed E-state index contributed by atoms with van der Waals surface area (Å²) in [6.07, 6.45) is 0. The van der Waals surface area contributed by atoms with Crippen LogP contribution in [0.5, 0.6) is 0 Å². The maximum Gasteiger partial charge on any atom is 0.244 e. The van der Waals surface area contributed by atoms with E-state index < -0.39 is 0 Å². The smallest absolute Gasteiger partial charge is 0.244 e. The van der Waals surface area contributed by atoms with E-state index in [0.717, 1.165) is 8.95 Å². The van der Waals surface area contributed by atoms with Crippen LogP contribution in [0.3, 0.4) is 0 Å². The van der Waals surface area contributed by atoms with Crippen molar-refractivity contribution in [2.45, 2.75) is 0 Å². The van der Waals surface area contributed by atoms with Crippen molar-refractivity contribution in [3.8, 4) is 0 Å². The third-order valence-electron chi connectivity index (χ3n) is 4.02. The Balaban J connectivity index is 0.000000181. The molecule has 160 valence electrons. The lowest BCUT2D eigenvalue weighted by Gasteiger charge is -1.98. The number of halogens is 2. The lowest BCUT2D eigenvalue weighted by molar-refractivity contribution is -0.435. The van der Waals surface area contributed by atoms with Gasteiger partial charge >= 0.3 is 0 Å². The van der Waals surface area contributed by atoms with Gasteiger partial charge in [0.15, 0.2) is 0 Å². The second kappa shape index (κ2) is 11.9. The summed E-state index contributed by atoms with van der Waals surface area (Å²) in [5.41, 5.74) is 2.29. The Bertz CT molecular complexity index is 1090. The average Bonchev–Trinajstić information content (AvgIpc) is 2.83. The standard InChI is InChI=1S/2C12H9BrN2O/c2*13-10-6-8-11(9-7-10)14-15(16)12-4-2-1-3-5-12/h2*1-9H. The zero-order chi connectivity index (χ0) is 22.8. The first-order chi connectivity index (χ1) is 15.5. The zero-order valence-electron chi connectivity index (χ0n) is 16.8. The van der Waals surface area contributed by atoms with Crippen LogP contribution in [0.4, 0.5) is 22.7 Å². The summed E-state index contributed by atoms with van der Waals surface area (Å²) < 4.78 is 1.92. The molecule has 4 aromatic rings. The highest BCUT2D eigenvalue weighted by Gasteiger charge is 2.02. The topological polar surface area (TPSA) is 76.9 Å². The molecule has 0 fully saturated rings. The Morgan fingerprint density at radius 1 is 0.469 bits per heavy atom. The van der Waals surface area contributed by atoms with E-state index in [4.69, 9.17) is 0 Å². The van der Waals surface area contributed by atoms with Crippen molar-refractivity contribution in [3.63, 3.8) is 0 Å². The summed E-state index contributed by atoms with van der Waals surface area (Å²) in [5.74, 6) is 0. The van der Waals surface area contributed by atoms with Gasteiger partial charge in [-0.2, -0.15) is 0 Å². The first kappa shape index (κ1) is 23.3. The van der Waals surface area contributed by atoms with E-state index in [1.165, 1.54) is 0 Å². The normalized spacial score (nSPS) is 11.4. The molecule has 0 aliphatic rings. The molecule has 0 heterocycles. The number of benzene rings is 4. The van der Waals surface area contributed by atoms with Crippen LogP contribution in [-0.4, -0.2) is 9.72 Å². The van der Waals surface area contributed by atoms with E-state index in [1.54, 1.807) is 72.8 Å². The van der Waals surface area contributed by atoms with E-state index in [0.29, 0.717) is 32.5 Å². The molecule has 4 aromatic carbocycles. The van der Waals surface area contributed by atoms with Crippen molar-refractivity contribution in [1.29, 1.82) is 0 Å². The zero-order valence-corrected chi connectivity index (χ0v) is 19.9. The van der Waals surface area contributed by atoms with Crippen LogP contribution in [-0.2, 0) is 0 Å². The highest BCUT2D eigenvalue weighted by atomic mass is 79.9. The molecule has 0 bridgehead atoms. The molecular formula is C24H18Br2N4O2. The minimum Gasteiger partial charge on any atom is -0.594 e. The van der Waals surface area contributed by atoms with Gasteiger partial charge < -0.3 is 10.4 Å². The Kier molecular flexibility index (Phi) is 8.65. The fourth-order valence-corrected chi connectivity index (χ4v) is 2.98. The molecular weight excluding hydrogens is 536 g/mol. The first-order valence-electron chi connectivity index (χ1n) is 9.50. The largest absolute Gasteiger partial charge is 0.594 e. The van der Waals surface area contributed by atoms with Gasteiger partial charge in [0.2, 0.25) is 11.4 Å². The van der Waals surface area contributed by atoms with Crippen molar-refractivity contribution < 1.29 is 9.72 Å². The van der Waals surface area contributed by atoms with E-state index in [1.807, 2.05) is 36.4 Å². The molecule has 32 heavy (non-hydrogen) atoms. The van der Waals surface area contributed by atoms with Crippen molar-refractivity contribution in [3.05, 3.63) is 129 Å². The molecule has 0 aliphatic carbocycles. The van der Waals surface area contributed by atoms with Gasteiger partial charge in [-0.15, -0.1) is 0 Å². The average molecular weight is 554 g/mol. The molecule has 0 N–H and O–H groups in total. The molecule has 0 amide bonds. The quantitative estimate of drug-likeness (QED) is 0.144. The maximum atomic E-state index is 11.6. The van der Waals surface area contributed by atoms with E-state index in [9.17, 15) is 10.4 Å². The molecule has 0 spiro atoms. The molecule has 8 heteroatoms. The second-order valence-corrected chi connectivity index (χ2v) is 8.20. The number of hydrogen-bond acceptors (Lipinski definition) is 4. The minimum atomic E-state index is 0.519. The molecule has 0 atom stereocenters.